The molecular formula is C16H18N6O. The number of hydrogen-bond acceptors (Lipinski definition) is 5. The Hall–Kier alpha value is -2.88. The van der Waals surface area contributed by atoms with Crippen LogP contribution < -0.4 is 10.2 Å². The third kappa shape index (κ3) is 3.31. The zero-order valence-electron chi connectivity index (χ0n) is 12.9. The summed E-state index contributed by atoms with van der Waals surface area (Å²) in [5.74, 6) is 0.297. The van der Waals surface area contributed by atoms with Crippen molar-refractivity contribution in [1.29, 1.82) is 5.26 Å². The van der Waals surface area contributed by atoms with Gasteiger partial charge in [0.25, 0.3) is 0 Å². The van der Waals surface area contributed by atoms with Gasteiger partial charge in [0.05, 0.1) is 18.1 Å². The predicted octanol–water partition coefficient (Wildman–Crippen LogP) is 1.31. The van der Waals surface area contributed by atoms with Crippen molar-refractivity contribution in [3.8, 4) is 6.07 Å². The number of carbonyl (C=O) groups excluding carboxylic acids is 1. The molecule has 1 fully saturated rings. The maximum Gasteiger partial charge on any atom is 0.217 e. The molecule has 1 saturated heterocycles. The summed E-state index contributed by atoms with van der Waals surface area (Å²) < 4.78 is 0. The van der Waals surface area contributed by atoms with E-state index in [2.05, 4.69) is 25.4 Å². The summed E-state index contributed by atoms with van der Waals surface area (Å²) in [6.45, 7) is 3.80. The van der Waals surface area contributed by atoms with Crippen molar-refractivity contribution in [3.05, 3.63) is 41.5 Å². The first kappa shape index (κ1) is 15.0. The fraction of sp³-hybridized carbons (Fsp3) is 0.375. The first-order valence-electron chi connectivity index (χ1n) is 7.55. The van der Waals surface area contributed by atoms with Crippen LogP contribution in [0.1, 0.15) is 36.2 Å². The van der Waals surface area contributed by atoms with Crippen molar-refractivity contribution < 1.29 is 4.79 Å². The van der Waals surface area contributed by atoms with Crippen molar-refractivity contribution >= 4 is 11.6 Å². The SMILES string of the molecule is CC(=O)NCc1cn[nH]c1C1CCN(c2ccc(C#N)nc2)C1. The van der Waals surface area contributed by atoms with E-state index in [0.717, 1.165) is 36.5 Å². The van der Waals surface area contributed by atoms with Crippen LogP contribution in [-0.4, -0.2) is 34.2 Å². The second kappa shape index (κ2) is 6.48. The van der Waals surface area contributed by atoms with Gasteiger partial charge in [-0.15, -0.1) is 0 Å². The Morgan fingerprint density at radius 3 is 3.09 bits per heavy atom. The van der Waals surface area contributed by atoms with Crippen LogP contribution in [0.5, 0.6) is 0 Å². The molecule has 1 atom stereocenters. The zero-order valence-corrected chi connectivity index (χ0v) is 12.9. The molecule has 0 aliphatic carbocycles. The Bertz CT molecular complexity index is 730. The van der Waals surface area contributed by atoms with Crippen LogP contribution in [0.3, 0.4) is 0 Å². The molecule has 0 spiro atoms. The van der Waals surface area contributed by atoms with Gasteiger partial charge in [-0.2, -0.15) is 10.4 Å². The van der Waals surface area contributed by atoms with Gasteiger partial charge in [0.2, 0.25) is 5.91 Å². The summed E-state index contributed by atoms with van der Waals surface area (Å²) in [6, 6.07) is 5.70. The molecule has 7 heteroatoms. The topological polar surface area (TPSA) is 97.7 Å². The number of carbonyl (C=O) groups is 1. The van der Waals surface area contributed by atoms with E-state index in [9.17, 15) is 4.79 Å². The van der Waals surface area contributed by atoms with Gasteiger partial charge >= 0.3 is 0 Å². The number of rotatable bonds is 4. The van der Waals surface area contributed by atoms with E-state index in [4.69, 9.17) is 5.26 Å². The molecule has 2 N–H and O–H groups in total. The third-order valence-corrected chi connectivity index (χ3v) is 4.10. The number of nitrogens with zero attached hydrogens (tertiary/aromatic N) is 4. The molecule has 2 aromatic heterocycles. The molecule has 118 valence electrons. The smallest absolute Gasteiger partial charge is 0.217 e. The van der Waals surface area contributed by atoms with Crippen molar-refractivity contribution in [2.24, 2.45) is 0 Å². The number of aromatic amines is 1. The lowest BCUT2D eigenvalue weighted by Gasteiger charge is -2.18. The maximum absolute atomic E-state index is 11.1. The normalized spacial score (nSPS) is 17.0. The minimum Gasteiger partial charge on any atom is -0.370 e. The lowest BCUT2D eigenvalue weighted by molar-refractivity contribution is -0.119. The average molecular weight is 310 g/mol. The number of amides is 1. The second-order valence-corrected chi connectivity index (χ2v) is 5.66. The lowest BCUT2D eigenvalue weighted by Crippen LogP contribution is -2.21. The van der Waals surface area contributed by atoms with Gasteiger partial charge in [-0.05, 0) is 18.6 Å². The Morgan fingerprint density at radius 2 is 2.39 bits per heavy atom. The van der Waals surface area contributed by atoms with Crippen LogP contribution in [0.2, 0.25) is 0 Å². The quantitative estimate of drug-likeness (QED) is 0.887. The number of H-pyrrole nitrogens is 1. The van der Waals surface area contributed by atoms with Crippen molar-refractivity contribution in [2.75, 3.05) is 18.0 Å². The molecule has 7 nitrogen and oxygen atoms in total. The van der Waals surface area contributed by atoms with Crippen molar-refractivity contribution in [1.82, 2.24) is 20.5 Å². The Morgan fingerprint density at radius 1 is 1.52 bits per heavy atom. The molecule has 23 heavy (non-hydrogen) atoms. The number of pyridine rings is 1. The van der Waals surface area contributed by atoms with E-state index in [-0.39, 0.29) is 5.91 Å². The molecule has 0 bridgehead atoms. The second-order valence-electron chi connectivity index (χ2n) is 5.66. The fourth-order valence-electron chi connectivity index (χ4n) is 2.90. The monoisotopic (exact) mass is 310 g/mol. The van der Waals surface area contributed by atoms with Crippen molar-refractivity contribution in [3.63, 3.8) is 0 Å². The molecule has 1 aliphatic heterocycles. The van der Waals surface area contributed by atoms with Gasteiger partial charge in [0.15, 0.2) is 0 Å². The summed E-state index contributed by atoms with van der Waals surface area (Å²) in [7, 11) is 0. The summed E-state index contributed by atoms with van der Waals surface area (Å²) in [4.78, 5) is 17.5. The van der Waals surface area contributed by atoms with Crippen LogP contribution >= 0.6 is 0 Å². The van der Waals surface area contributed by atoms with Gasteiger partial charge in [-0.1, -0.05) is 0 Å². The highest BCUT2D eigenvalue weighted by atomic mass is 16.1. The Balaban J connectivity index is 1.69. The predicted molar refractivity (Wildman–Crippen MR) is 84.6 cm³/mol. The van der Waals surface area contributed by atoms with Gasteiger partial charge < -0.3 is 10.2 Å². The van der Waals surface area contributed by atoms with E-state index < -0.39 is 0 Å². The number of anilines is 1. The van der Waals surface area contributed by atoms with Crippen LogP contribution in [-0.2, 0) is 11.3 Å². The van der Waals surface area contributed by atoms with Crippen molar-refractivity contribution in [2.45, 2.75) is 25.8 Å². The lowest BCUT2D eigenvalue weighted by atomic mass is 10.0. The average Bonchev–Trinajstić information content (AvgIpc) is 3.21. The number of nitrogens with one attached hydrogen (secondary N) is 2. The number of hydrogen-bond donors (Lipinski definition) is 2. The molecule has 0 aromatic carbocycles. The van der Waals surface area contributed by atoms with Crippen LogP contribution in [0, 0.1) is 11.3 Å². The largest absolute Gasteiger partial charge is 0.370 e. The first-order valence-corrected chi connectivity index (χ1v) is 7.55. The van der Waals surface area contributed by atoms with Gasteiger partial charge in [0.1, 0.15) is 11.8 Å². The Labute approximate surface area is 134 Å². The molecule has 1 amide bonds. The minimum atomic E-state index is -0.0474. The summed E-state index contributed by atoms with van der Waals surface area (Å²) in [5, 5.41) is 18.8. The molecule has 3 heterocycles. The summed E-state index contributed by atoms with van der Waals surface area (Å²) in [5.41, 5.74) is 3.57. The molecular weight excluding hydrogens is 292 g/mol. The van der Waals surface area contributed by atoms with E-state index in [1.807, 2.05) is 12.1 Å². The van der Waals surface area contributed by atoms with Gasteiger partial charge in [-0.3, -0.25) is 9.89 Å². The zero-order chi connectivity index (χ0) is 16.2. The number of aromatic nitrogens is 3. The summed E-state index contributed by atoms with van der Waals surface area (Å²) >= 11 is 0. The standard InChI is InChI=1S/C16H18N6O/c1-11(23)18-7-13-8-20-21-16(13)12-4-5-22(10-12)15-3-2-14(6-17)19-9-15/h2-3,8-9,12H,4-5,7,10H2,1H3,(H,18,23)(H,20,21). The van der Waals surface area contributed by atoms with Crippen LogP contribution in [0.4, 0.5) is 5.69 Å². The van der Waals surface area contributed by atoms with E-state index in [0.29, 0.717) is 18.2 Å². The molecule has 1 unspecified atom stereocenters. The highest BCUT2D eigenvalue weighted by Gasteiger charge is 2.27. The van der Waals surface area contributed by atoms with E-state index in [1.165, 1.54) is 6.92 Å². The van der Waals surface area contributed by atoms with Crippen LogP contribution in [0.25, 0.3) is 0 Å². The Kier molecular flexibility index (Phi) is 4.24. The van der Waals surface area contributed by atoms with E-state index >= 15 is 0 Å². The first-order chi connectivity index (χ1) is 11.2. The summed E-state index contributed by atoms with van der Waals surface area (Å²) in [6.07, 6.45) is 4.53. The molecule has 3 rings (SSSR count). The third-order valence-electron chi connectivity index (χ3n) is 4.10. The fourth-order valence-corrected chi connectivity index (χ4v) is 2.90. The highest BCUT2D eigenvalue weighted by Crippen LogP contribution is 2.31. The number of nitriles is 1. The van der Waals surface area contributed by atoms with Gasteiger partial charge in [-0.25, -0.2) is 4.98 Å². The van der Waals surface area contributed by atoms with E-state index in [1.54, 1.807) is 18.5 Å². The maximum atomic E-state index is 11.1. The van der Waals surface area contributed by atoms with Crippen LogP contribution in [0.15, 0.2) is 24.5 Å². The molecule has 1 aliphatic rings. The molecule has 0 saturated carbocycles. The van der Waals surface area contributed by atoms with Gasteiger partial charge in [0, 0.05) is 43.7 Å². The highest BCUT2D eigenvalue weighted by molar-refractivity contribution is 5.72. The minimum absolute atomic E-state index is 0.0474. The molecule has 2 aromatic rings. The molecule has 0 radical (unpaired) electrons.